The molecule has 4 aromatic rings. The van der Waals surface area contributed by atoms with E-state index < -0.39 is 0 Å². The number of amides is 1. The molecule has 1 unspecified atom stereocenters. The quantitative estimate of drug-likeness (QED) is 0.339. The first kappa shape index (κ1) is 25.8. The van der Waals surface area contributed by atoms with Gasteiger partial charge in [0, 0.05) is 31.8 Å². The maximum atomic E-state index is 13.9. The van der Waals surface area contributed by atoms with Crippen molar-refractivity contribution < 1.29 is 9.53 Å². The Bertz CT molecular complexity index is 1590. The lowest BCUT2D eigenvalue weighted by atomic mass is 9.92. The van der Waals surface area contributed by atoms with Crippen LogP contribution in [0.25, 0.3) is 16.9 Å². The van der Waals surface area contributed by atoms with Crippen LogP contribution in [0.15, 0.2) is 77.9 Å². The molecule has 2 aromatic carbocycles. The number of hydrogen-bond donors (Lipinski definition) is 1. The molecule has 10 nitrogen and oxygen atoms in total. The van der Waals surface area contributed by atoms with Crippen molar-refractivity contribution in [2.75, 3.05) is 32.4 Å². The summed E-state index contributed by atoms with van der Waals surface area (Å²) in [6.07, 6.45) is 9.35. The van der Waals surface area contributed by atoms with E-state index in [4.69, 9.17) is 10.5 Å². The van der Waals surface area contributed by atoms with Crippen molar-refractivity contribution in [1.29, 1.82) is 0 Å². The largest absolute Gasteiger partial charge is 0.457 e. The number of carbonyl (C=O) groups excluding carboxylic acids is 1. The first-order valence-electron chi connectivity index (χ1n) is 13.7. The zero-order valence-corrected chi connectivity index (χ0v) is 22.5. The van der Waals surface area contributed by atoms with Crippen LogP contribution in [0.5, 0.6) is 11.5 Å². The van der Waals surface area contributed by atoms with E-state index in [9.17, 15) is 9.59 Å². The third kappa shape index (κ3) is 4.98. The second-order valence-corrected chi connectivity index (χ2v) is 10.5. The summed E-state index contributed by atoms with van der Waals surface area (Å²) in [6.45, 7) is 1.75. The molecule has 0 spiro atoms. The van der Waals surface area contributed by atoms with Crippen molar-refractivity contribution >= 4 is 22.9 Å². The summed E-state index contributed by atoms with van der Waals surface area (Å²) in [5.41, 5.74) is 7.54. The van der Waals surface area contributed by atoms with Gasteiger partial charge in [-0.05, 0) is 62.7 Å². The summed E-state index contributed by atoms with van der Waals surface area (Å²) in [6, 6.07) is 17.1. The van der Waals surface area contributed by atoms with Gasteiger partial charge in [0.25, 0.3) is 0 Å². The Morgan fingerprint density at radius 1 is 1.07 bits per heavy atom. The number of benzene rings is 2. The first-order valence-corrected chi connectivity index (χ1v) is 13.7. The van der Waals surface area contributed by atoms with Gasteiger partial charge >= 0.3 is 5.69 Å². The number of likely N-dealkylation sites (N-methyl/N-ethyl adjacent to an activating group) is 1. The number of imidazole rings is 1. The molecule has 2 fully saturated rings. The monoisotopic (exact) mass is 539 g/mol. The van der Waals surface area contributed by atoms with Crippen molar-refractivity contribution in [3.05, 3.63) is 83.6 Å². The van der Waals surface area contributed by atoms with Crippen LogP contribution < -0.4 is 16.2 Å². The average molecular weight is 540 g/mol. The van der Waals surface area contributed by atoms with Crippen molar-refractivity contribution in [3.63, 3.8) is 0 Å². The predicted octanol–water partition coefficient (Wildman–Crippen LogP) is 3.77. The smallest absolute Gasteiger partial charge is 0.335 e. The van der Waals surface area contributed by atoms with E-state index in [-0.39, 0.29) is 23.5 Å². The Morgan fingerprint density at radius 3 is 2.55 bits per heavy atom. The third-order valence-corrected chi connectivity index (χ3v) is 7.95. The van der Waals surface area contributed by atoms with E-state index in [1.807, 2.05) is 60.7 Å². The number of anilines is 1. The highest BCUT2D eigenvalue weighted by atomic mass is 16.5. The van der Waals surface area contributed by atoms with E-state index in [2.05, 4.69) is 21.9 Å². The maximum Gasteiger partial charge on any atom is 0.335 e. The number of nitrogen functional groups attached to an aromatic ring is 1. The summed E-state index contributed by atoms with van der Waals surface area (Å²) < 4.78 is 9.10. The van der Waals surface area contributed by atoms with Gasteiger partial charge in [0.05, 0.1) is 11.7 Å². The van der Waals surface area contributed by atoms with E-state index in [0.717, 1.165) is 12.3 Å². The normalized spacial score (nSPS) is 17.6. The lowest BCUT2D eigenvalue weighted by Gasteiger charge is -2.33. The van der Waals surface area contributed by atoms with Crippen molar-refractivity contribution in [1.82, 2.24) is 28.9 Å². The van der Waals surface area contributed by atoms with Crippen molar-refractivity contribution in [2.24, 2.45) is 0 Å². The molecule has 3 heterocycles. The molecular formula is C30H33N7O3. The van der Waals surface area contributed by atoms with Gasteiger partial charge in [0.1, 0.15) is 23.3 Å². The van der Waals surface area contributed by atoms with Crippen LogP contribution in [-0.4, -0.2) is 67.5 Å². The average Bonchev–Trinajstić information content (AvgIpc) is 3.52. The molecule has 1 aliphatic carbocycles. The number of fused-ring (bicyclic) bond motifs is 1. The summed E-state index contributed by atoms with van der Waals surface area (Å²) in [4.78, 5) is 39.5. The molecule has 1 saturated heterocycles. The molecule has 1 saturated carbocycles. The Hall–Kier alpha value is -4.44. The molecule has 1 atom stereocenters. The van der Waals surface area contributed by atoms with Gasteiger partial charge in [-0.2, -0.15) is 0 Å². The minimum absolute atomic E-state index is 0.0376. The molecule has 6 rings (SSSR count). The molecule has 1 amide bonds. The van der Waals surface area contributed by atoms with Crippen LogP contribution in [0, 0.1) is 0 Å². The highest BCUT2D eigenvalue weighted by Gasteiger charge is 2.31. The van der Waals surface area contributed by atoms with Gasteiger partial charge in [-0.3, -0.25) is 18.8 Å². The summed E-state index contributed by atoms with van der Waals surface area (Å²) in [7, 11) is 2.10. The number of nitrogens with two attached hydrogens (primary N) is 1. The predicted molar refractivity (Wildman–Crippen MR) is 154 cm³/mol. The Kier molecular flexibility index (Phi) is 7.08. The lowest BCUT2D eigenvalue weighted by Crippen LogP contribution is -2.37. The number of hydrogen-bond acceptors (Lipinski definition) is 7. The fourth-order valence-electron chi connectivity index (χ4n) is 5.48. The zero-order valence-electron chi connectivity index (χ0n) is 22.5. The zero-order chi connectivity index (χ0) is 27.6. The number of ether oxygens (including phenoxy) is 1. The molecule has 206 valence electrons. The van der Waals surface area contributed by atoms with E-state index in [0.29, 0.717) is 48.2 Å². The van der Waals surface area contributed by atoms with Gasteiger partial charge in [0.15, 0.2) is 11.5 Å². The van der Waals surface area contributed by atoms with Crippen LogP contribution in [0.1, 0.15) is 31.7 Å². The summed E-state index contributed by atoms with van der Waals surface area (Å²) in [5, 5.41) is 0. The van der Waals surface area contributed by atoms with E-state index in [1.165, 1.54) is 30.2 Å². The van der Waals surface area contributed by atoms with Gasteiger partial charge in [-0.25, -0.2) is 14.8 Å². The van der Waals surface area contributed by atoms with Gasteiger partial charge in [-0.15, -0.1) is 0 Å². The first-order chi connectivity index (χ1) is 19.5. The molecule has 10 heteroatoms. The lowest BCUT2D eigenvalue weighted by molar-refractivity contribution is -0.125. The number of likely N-dealkylation sites (tertiary alicyclic amines) is 1. The Labute approximate surface area is 232 Å². The molecule has 1 aliphatic heterocycles. The van der Waals surface area contributed by atoms with Crippen LogP contribution in [-0.2, 0) is 4.79 Å². The fourth-order valence-corrected chi connectivity index (χ4v) is 5.48. The molecule has 40 heavy (non-hydrogen) atoms. The second kappa shape index (κ2) is 11.0. The molecule has 2 N–H and O–H groups in total. The summed E-state index contributed by atoms with van der Waals surface area (Å²) in [5.74, 6) is 1.55. The fraction of sp³-hybridized carbons (Fsp3) is 0.333. The van der Waals surface area contributed by atoms with Gasteiger partial charge in [0.2, 0.25) is 5.91 Å². The highest BCUT2D eigenvalue weighted by Crippen LogP contribution is 2.29. The SMILES string of the molecule is CN(C/C=C/C(=O)N1CCC(n2c(=O)n(-c3ccc(Oc4ccccc4)cc3)c3c(N)ncnc32)C1)C1CCC1. The minimum atomic E-state index is -0.268. The Morgan fingerprint density at radius 2 is 1.82 bits per heavy atom. The highest BCUT2D eigenvalue weighted by molar-refractivity contribution is 5.88. The molecule has 0 bridgehead atoms. The minimum Gasteiger partial charge on any atom is -0.457 e. The number of carbonyl (C=O) groups is 1. The number of nitrogens with zero attached hydrogens (tertiary/aromatic N) is 6. The third-order valence-electron chi connectivity index (χ3n) is 7.95. The van der Waals surface area contributed by atoms with Crippen LogP contribution in [0.2, 0.25) is 0 Å². The molecule has 2 aromatic heterocycles. The van der Waals surface area contributed by atoms with Crippen LogP contribution in [0.3, 0.4) is 0 Å². The molecule has 0 radical (unpaired) electrons. The number of aromatic nitrogens is 4. The number of rotatable bonds is 8. The maximum absolute atomic E-state index is 13.9. The van der Waals surface area contributed by atoms with Crippen molar-refractivity contribution in [2.45, 2.75) is 37.8 Å². The molecule has 2 aliphatic rings. The second-order valence-electron chi connectivity index (χ2n) is 10.5. The van der Waals surface area contributed by atoms with Crippen LogP contribution in [0.4, 0.5) is 5.82 Å². The summed E-state index contributed by atoms with van der Waals surface area (Å²) >= 11 is 0. The van der Waals surface area contributed by atoms with Gasteiger partial charge in [-0.1, -0.05) is 30.7 Å². The van der Waals surface area contributed by atoms with Crippen molar-refractivity contribution in [3.8, 4) is 17.2 Å². The van der Waals surface area contributed by atoms with E-state index in [1.54, 1.807) is 15.5 Å². The van der Waals surface area contributed by atoms with E-state index >= 15 is 0 Å². The van der Waals surface area contributed by atoms with Gasteiger partial charge < -0.3 is 15.4 Å². The standard InChI is InChI=1S/C30H33N7O3/c1-34(21-7-5-8-21)17-6-11-26(38)35-18-16-23(19-35)37-29-27(28(31)32-20-33-29)36(30(37)39)22-12-14-25(15-13-22)40-24-9-3-2-4-10-24/h2-4,6,9-15,20-21,23H,5,7-8,16-19H2,1H3,(H2,31,32,33)/b11-6+. The topological polar surface area (TPSA) is 112 Å². The van der Waals surface area contributed by atoms with Crippen LogP contribution >= 0.6 is 0 Å². The molecular weight excluding hydrogens is 506 g/mol. The Balaban J connectivity index is 1.23. The number of para-hydroxylation sites is 1.